The normalized spacial score (nSPS) is 11.5. The smallest absolute Gasteiger partial charge is 0.255 e. The van der Waals surface area contributed by atoms with Crippen molar-refractivity contribution in [3.05, 3.63) is 59.7 Å². The van der Waals surface area contributed by atoms with Gasteiger partial charge in [-0.25, -0.2) is 13.6 Å². The van der Waals surface area contributed by atoms with Gasteiger partial charge in [0.15, 0.2) is 0 Å². The highest BCUT2D eigenvalue weighted by Gasteiger charge is 2.11. The monoisotopic (exact) mass is 318 g/mol. The van der Waals surface area contributed by atoms with Gasteiger partial charge < -0.3 is 5.32 Å². The average molecular weight is 318 g/mol. The van der Waals surface area contributed by atoms with Gasteiger partial charge in [-0.2, -0.15) is 0 Å². The van der Waals surface area contributed by atoms with E-state index in [1.165, 1.54) is 18.2 Å². The topological polar surface area (TPSA) is 89.3 Å². The summed E-state index contributed by atoms with van der Waals surface area (Å²) in [5.74, 6) is 0.0884. The van der Waals surface area contributed by atoms with Crippen molar-refractivity contribution in [1.82, 2.24) is 0 Å². The third-order valence-electron chi connectivity index (χ3n) is 3.26. The van der Waals surface area contributed by atoms with Crippen LogP contribution in [0.15, 0.2) is 53.4 Å². The first-order valence-electron chi connectivity index (χ1n) is 6.81. The molecule has 0 atom stereocenters. The van der Waals surface area contributed by atoms with E-state index in [-0.39, 0.29) is 10.8 Å². The highest BCUT2D eigenvalue weighted by Crippen LogP contribution is 2.17. The zero-order chi connectivity index (χ0) is 16.3. The molecule has 2 aromatic rings. The molecule has 116 valence electrons. The highest BCUT2D eigenvalue weighted by atomic mass is 32.2. The molecule has 3 N–H and O–H groups in total. The Labute approximate surface area is 130 Å². The van der Waals surface area contributed by atoms with Crippen molar-refractivity contribution in [3.8, 4) is 0 Å². The molecule has 0 saturated heterocycles. The molecule has 2 aromatic carbocycles. The summed E-state index contributed by atoms with van der Waals surface area (Å²) < 4.78 is 22.6. The number of carbonyl (C=O) groups excluding carboxylic acids is 1. The fourth-order valence-corrected chi connectivity index (χ4v) is 2.53. The van der Waals surface area contributed by atoms with Crippen molar-refractivity contribution >= 4 is 21.6 Å². The van der Waals surface area contributed by atoms with Crippen molar-refractivity contribution in [3.63, 3.8) is 0 Å². The van der Waals surface area contributed by atoms with Crippen LogP contribution in [-0.2, 0) is 10.0 Å². The number of nitrogens with two attached hydrogens (primary N) is 1. The Hall–Kier alpha value is -2.18. The predicted molar refractivity (Wildman–Crippen MR) is 86.3 cm³/mol. The van der Waals surface area contributed by atoms with E-state index in [1.807, 2.05) is 12.1 Å². The Balaban J connectivity index is 2.18. The molecule has 1 amide bonds. The Bertz CT molecular complexity index is 781. The van der Waals surface area contributed by atoms with Gasteiger partial charge in [0.1, 0.15) is 0 Å². The van der Waals surface area contributed by atoms with Crippen molar-refractivity contribution in [2.24, 2.45) is 5.14 Å². The van der Waals surface area contributed by atoms with E-state index >= 15 is 0 Å². The molecule has 0 aliphatic carbocycles. The quantitative estimate of drug-likeness (QED) is 0.908. The molecular weight excluding hydrogens is 300 g/mol. The largest absolute Gasteiger partial charge is 0.322 e. The minimum Gasteiger partial charge on any atom is -0.322 e. The second-order valence-electron chi connectivity index (χ2n) is 5.30. The molecule has 2 rings (SSSR count). The van der Waals surface area contributed by atoms with Crippen molar-refractivity contribution in [2.75, 3.05) is 5.32 Å². The second-order valence-corrected chi connectivity index (χ2v) is 6.87. The number of nitrogens with one attached hydrogen (secondary N) is 1. The molecule has 0 spiro atoms. The molecule has 22 heavy (non-hydrogen) atoms. The van der Waals surface area contributed by atoms with E-state index < -0.39 is 10.0 Å². The first-order chi connectivity index (χ1) is 10.3. The van der Waals surface area contributed by atoms with Gasteiger partial charge in [0.25, 0.3) is 5.91 Å². The van der Waals surface area contributed by atoms with Crippen LogP contribution in [0.2, 0.25) is 0 Å². The fraction of sp³-hybridized carbons (Fsp3) is 0.188. The minimum atomic E-state index is -3.79. The molecule has 0 fully saturated rings. The van der Waals surface area contributed by atoms with E-state index in [0.29, 0.717) is 17.2 Å². The Morgan fingerprint density at radius 3 is 2.27 bits per heavy atom. The zero-order valence-corrected chi connectivity index (χ0v) is 13.2. The number of hydrogen-bond acceptors (Lipinski definition) is 3. The Morgan fingerprint density at radius 2 is 1.73 bits per heavy atom. The van der Waals surface area contributed by atoms with Crippen LogP contribution >= 0.6 is 0 Å². The maximum Gasteiger partial charge on any atom is 0.255 e. The highest BCUT2D eigenvalue weighted by molar-refractivity contribution is 7.89. The lowest BCUT2D eigenvalue weighted by molar-refractivity contribution is 0.102. The van der Waals surface area contributed by atoms with Crippen molar-refractivity contribution in [1.29, 1.82) is 0 Å². The molecule has 0 heterocycles. The lowest BCUT2D eigenvalue weighted by atomic mass is 10.0. The fourth-order valence-electron chi connectivity index (χ4n) is 1.97. The summed E-state index contributed by atoms with van der Waals surface area (Å²) >= 11 is 0. The van der Waals surface area contributed by atoms with Crippen molar-refractivity contribution in [2.45, 2.75) is 24.7 Å². The predicted octanol–water partition coefficient (Wildman–Crippen LogP) is 2.71. The van der Waals surface area contributed by atoms with E-state index in [0.717, 1.165) is 5.56 Å². The van der Waals surface area contributed by atoms with E-state index in [9.17, 15) is 13.2 Å². The SMILES string of the molecule is CC(C)c1ccc(C(=O)Nc2cccc(S(N)(=O)=O)c2)cc1. The first kappa shape index (κ1) is 16.2. The van der Waals surface area contributed by atoms with Crippen LogP contribution in [-0.4, -0.2) is 14.3 Å². The lowest BCUT2D eigenvalue weighted by Gasteiger charge is -2.09. The summed E-state index contributed by atoms with van der Waals surface area (Å²) in [6.07, 6.45) is 0. The summed E-state index contributed by atoms with van der Waals surface area (Å²) in [6, 6.07) is 13.1. The number of carbonyl (C=O) groups is 1. The number of benzene rings is 2. The van der Waals surface area contributed by atoms with Crippen LogP contribution < -0.4 is 10.5 Å². The molecule has 0 radical (unpaired) electrons. The first-order valence-corrected chi connectivity index (χ1v) is 8.36. The summed E-state index contributed by atoms with van der Waals surface area (Å²) in [4.78, 5) is 12.1. The van der Waals surface area contributed by atoms with Crippen LogP contribution in [0.5, 0.6) is 0 Å². The number of rotatable bonds is 4. The van der Waals surface area contributed by atoms with E-state index in [4.69, 9.17) is 5.14 Å². The number of anilines is 1. The molecule has 0 unspecified atom stereocenters. The lowest BCUT2D eigenvalue weighted by Crippen LogP contribution is -2.14. The molecule has 0 bridgehead atoms. The van der Waals surface area contributed by atoms with Crippen LogP contribution in [0.3, 0.4) is 0 Å². The van der Waals surface area contributed by atoms with Gasteiger partial charge in [0, 0.05) is 11.3 Å². The van der Waals surface area contributed by atoms with Gasteiger partial charge >= 0.3 is 0 Å². The summed E-state index contributed by atoms with van der Waals surface area (Å²) in [7, 11) is -3.79. The minimum absolute atomic E-state index is 0.0412. The van der Waals surface area contributed by atoms with Gasteiger partial charge in [-0.15, -0.1) is 0 Å². The van der Waals surface area contributed by atoms with Gasteiger partial charge in [-0.05, 0) is 41.8 Å². The summed E-state index contributed by atoms with van der Waals surface area (Å²) in [5.41, 5.74) is 2.03. The Morgan fingerprint density at radius 1 is 1.09 bits per heavy atom. The van der Waals surface area contributed by atoms with Crippen LogP contribution in [0.1, 0.15) is 35.7 Å². The number of sulfonamides is 1. The maximum absolute atomic E-state index is 12.2. The zero-order valence-electron chi connectivity index (χ0n) is 12.4. The standard InChI is InChI=1S/C16H18N2O3S/c1-11(2)12-6-8-13(9-7-12)16(19)18-14-4-3-5-15(10-14)22(17,20)21/h3-11H,1-2H3,(H,18,19)(H2,17,20,21). The third kappa shape index (κ3) is 3.93. The van der Waals surface area contributed by atoms with Gasteiger partial charge in [-0.3, -0.25) is 4.79 Å². The van der Waals surface area contributed by atoms with Gasteiger partial charge in [-0.1, -0.05) is 32.0 Å². The molecule has 5 nitrogen and oxygen atoms in total. The number of amides is 1. The van der Waals surface area contributed by atoms with Gasteiger partial charge in [0.05, 0.1) is 4.90 Å². The van der Waals surface area contributed by atoms with E-state index in [2.05, 4.69) is 19.2 Å². The summed E-state index contributed by atoms with van der Waals surface area (Å²) in [5, 5.41) is 7.73. The molecule has 6 heteroatoms. The van der Waals surface area contributed by atoms with Gasteiger partial charge in [0.2, 0.25) is 10.0 Å². The van der Waals surface area contributed by atoms with E-state index in [1.54, 1.807) is 18.2 Å². The van der Waals surface area contributed by atoms with Crippen LogP contribution in [0, 0.1) is 0 Å². The molecule has 0 saturated carbocycles. The molecule has 0 aromatic heterocycles. The molecule has 0 aliphatic rings. The maximum atomic E-state index is 12.2. The van der Waals surface area contributed by atoms with Crippen LogP contribution in [0.4, 0.5) is 5.69 Å². The molecule has 0 aliphatic heterocycles. The number of primary sulfonamides is 1. The van der Waals surface area contributed by atoms with Crippen molar-refractivity contribution < 1.29 is 13.2 Å². The second kappa shape index (κ2) is 6.29. The molecular formula is C16H18N2O3S. The Kier molecular flexibility index (Phi) is 4.63. The summed E-state index contributed by atoms with van der Waals surface area (Å²) in [6.45, 7) is 4.15. The number of hydrogen-bond donors (Lipinski definition) is 2. The van der Waals surface area contributed by atoms with Crippen LogP contribution in [0.25, 0.3) is 0 Å². The average Bonchev–Trinajstić information content (AvgIpc) is 2.46. The third-order valence-corrected chi connectivity index (χ3v) is 4.17.